The Hall–Kier alpha value is -1.06. The Labute approximate surface area is 125 Å². The molecule has 1 atom stereocenters. The molecule has 0 aliphatic carbocycles. The molecule has 0 bridgehead atoms. The standard InChI is InChI=1S/C16H22ClNO2/c1-11-3-4-14(12(2)9-11)15(17)10-18-7-5-13(6-8-18)16(19)20/h3-4,9,13,15H,5-8,10H2,1-2H3,(H,19,20). The Morgan fingerprint density at radius 1 is 1.40 bits per heavy atom. The van der Waals surface area contributed by atoms with E-state index in [1.807, 2.05) is 0 Å². The van der Waals surface area contributed by atoms with Crippen LogP contribution < -0.4 is 0 Å². The molecular formula is C16H22ClNO2. The third kappa shape index (κ3) is 3.74. The van der Waals surface area contributed by atoms with Gasteiger partial charge in [-0.25, -0.2) is 0 Å². The number of halogens is 1. The number of carbonyl (C=O) groups is 1. The first-order valence-corrected chi connectivity index (χ1v) is 7.57. The minimum atomic E-state index is -0.665. The highest BCUT2D eigenvalue weighted by Gasteiger charge is 2.25. The number of rotatable bonds is 4. The molecule has 0 aromatic heterocycles. The second-order valence-electron chi connectivity index (χ2n) is 5.74. The van der Waals surface area contributed by atoms with E-state index in [1.165, 1.54) is 16.7 Å². The largest absolute Gasteiger partial charge is 0.481 e. The predicted molar refractivity (Wildman–Crippen MR) is 81.3 cm³/mol. The smallest absolute Gasteiger partial charge is 0.306 e. The van der Waals surface area contributed by atoms with Gasteiger partial charge in [-0.3, -0.25) is 4.79 Å². The third-order valence-electron chi connectivity index (χ3n) is 4.12. The van der Waals surface area contributed by atoms with Crippen LogP contribution in [0.5, 0.6) is 0 Å². The number of hydrogen-bond donors (Lipinski definition) is 1. The van der Waals surface area contributed by atoms with Crippen molar-refractivity contribution in [2.24, 2.45) is 5.92 Å². The molecule has 1 aliphatic rings. The van der Waals surface area contributed by atoms with Crippen LogP contribution in [0.15, 0.2) is 18.2 Å². The number of carboxylic acids is 1. The van der Waals surface area contributed by atoms with Gasteiger partial charge in [-0.1, -0.05) is 23.8 Å². The summed E-state index contributed by atoms with van der Waals surface area (Å²) in [6.45, 7) is 6.61. The van der Waals surface area contributed by atoms with Gasteiger partial charge in [-0.2, -0.15) is 0 Å². The Balaban J connectivity index is 1.92. The van der Waals surface area contributed by atoms with Gasteiger partial charge in [0.05, 0.1) is 11.3 Å². The fourth-order valence-electron chi connectivity index (χ4n) is 2.86. The number of hydrogen-bond acceptors (Lipinski definition) is 2. The van der Waals surface area contributed by atoms with Crippen molar-refractivity contribution in [1.82, 2.24) is 4.90 Å². The molecule has 1 aliphatic heterocycles. The number of benzene rings is 1. The molecule has 1 N–H and O–H groups in total. The molecule has 1 heterocycles. The number of piperidine rings is 1. The van der Waals surface area contributed by atoms with E-state index in [2.05, 4.69) is 36.9 Å². The minimum absolute atomic E-state index is 0.0306. The zero-order valence-electron chi connectivity index (χ0n) is 12.1. The summed E-state index contributed by atoms with van der Waals surface area (Å²) in [5.41, 5.74) is 3.65. The molecule has 0 saturated carbocycles. The fourth-order valence-corrected chi connectivity index (χ4v) is 3.30. The zero-order valence-corrected chi connectivity index (χ0v) is 12.9. The Kier molecular flexibility index (Phi) is 5.06. The van der Waals surface area contributed by atoms with Crippen LogP contribution in [0.25, 0.3) is 0 Å². The molecule has 1 fully saturated rings. The molecule has 0 amide bonds. The summed E-state index contributed by atoms with van der Waals surface area (Å²) in [4.78, 5) is 13.2. The van der Waals surface area contributed by atoms with Gasteiger partial charge in [0.25, 0.3) is 0 Å². The molecule has 2 rings (SSSR count). The zero-order chi connectivity index (χ0) is 14.7. The van der Waals surface area contributed by atoms with E-state index >= 15 is 0 Å². The first-order valence-electron chi connectivity index (χ1n) is 7.13. The van der Waals surface area contributed by atoms with Gasteiger partial charge < -0.3 is 10.0 Å². The van der Waals surface area contributed by atoms with E-state index in [9.17, 15) is 4.79 Å². The highest BCUT2D eigenvalue weighted by molar-refractivity contribution is 6.21. The Morgan fingerprint density at radius 3 is 2.60 bits per heavy atom. The molecule has 0 radical (unpaired) electrons. The summed E-state index contributed by atoms with van der Waals surface area (Å²) >= 11 is 6.54. The summed E-state index contributed by atoms with van der Waals surface area (Å²) < 4.78 is 0. The van der Waals surface area contributed by atoms with Gasteiger partial charge in [-0.05, 0) is 50.9 Å². The van der Waals surface area contributed by atoms with Gasteiger partial charge in [0, 0.05) is 6.54 Å². The normalized spacial score (nSPS) is 18.9. The van der Waals surface area contributed by atoms with Crippen LogP contribution in [-0.2, 0) is 4.79 Å². The van der Waals surface area contributed by atoms with Crippen molar-refractivity contribution < 1.29 is 9.90 Å². The molecule has 0 spiro atoms. The van der Waals surface area contributed by atoms with Crippen LogP contribution in [0.3, 0.4) is 0 Å². The summed E-state index contributed by atoms with van der Waals surface area (Å²) in [6, 6.07) is 6.35. The summed E-state index contributed by atoms with van der Waals surface area (Å²) in [7, 11) is 0. The van der Waals surface area contributed by atoms with Crippen LogP contribution >= 0.6 is 11.6 Å². The number of likely N-dealkylation sites (tertiary alicyclic amines) is 1. The van der Waals surface area contributed by atoms with Crippen molar-refractivity contribution in [3.63, 3.8) is 0 Å². The maximum atomic E-state index is 10.9. The van der Waals surface area contributed by atoms with Crippen LogP contribution in [0.1, 0.15) is 34.9 Å². The molecule has 1 unspecified atom stereocenters. The SMILES string of the molecule is Cc1ccc(C(Cl)CN2CCC(C(=O)O)CC2)c(C)c1. The first kappa shape index (κ1) is 15.3. The van der Waals surface area contributed by atoms with Gasteiger partial charge in [0.2, 0.25) is 0 Å². The average molecular weight is 296 g/mol. The monoisotopic (exact) mass is 295 g/mol. The molecule has 3 nitrogen and oxygen atoms in total. The van der Waals surface area contributed by atoms with E-state index in [1.54, 1.807) is 0 Å². The summed E-state index contributed by atoms with van der Waals surface area (Å²) in [5.74, 6) is -0.845. The minimum Gasteiger partial charge on any atom is -0.481 e. The van der Waals surface area contributed by atoms with Crippen molar-refractivity contribution in [1.29, 1.82) is 0 Å². The lowest BCUT2D eigenvalue weighted by Gasteiger charge is -2.31. The van der Waals surface area contributed by atoms with Crippen molar-refractivity contribution in [2.45, 2.75) is 32.1 Å². The van der Waals surface area contributed by atoms with Crippen molar-refractivity contribution >= 4 is 17.6 Å². The van der Waals surface area contributed by atoms with E-state index in [0.717, 1.165) is 32.5 Å². The van der Waals surface area contributed by atoms with Crippen LogP contribution in [0.2, 0.25) is 0 Å². The second kappa shape index (κ2) is 6.59. The summed E-state index contributed by atoms with van der Waals surface area (Å²) in [5, 5.41) is 8.97. The van der Waals surface area contributed by atoms with Gasteiger partial charge in [0.1, 0.15) is 0 Å². The highest BCUT2D eigenvalue weighted by Crippen LogP contribution is 2.27. The van der Waals surface area contributed by atoms with Crippen LogP contribution in [0.4, 0.5) is 0 Å². The van der Waals surface area contributed by atoms with Crippen LogP contribution in [0, 0.1) is 19.8 Å². The molecule has 110 valence electrons. The number of aliphatic carboxylic acids is 1. The van der Waals surface area contributed by atoms with E-state index < -0.39 is 5.97 Å². The van der Waals surface area contributed by atoms with Gasteiger partial charge >= 0.3 is 5.97 Å². The lowest BCUT2D eigenvalue weighted by Crippen LogP contribution is -2.38. The van der Waals surface area contributed by atoms with Gasteiger partial charge in [-0.15, -0.1) is 11.6 Å². The summed E-state index contributed by atoms with van der Waals surface area (Å²) in [6.07, 6.45) is 1.46. The van der Waals surface area contributed by atoms with Gasteiger partial charge in [0.15, 0.2) is 0 Å². The number of carboxylic acid groups (broad SMARTS) is 1. The lowest BCUT2D eigenvalue weighted by molar-refractivity contribution is -0.143. The van der Waals surface area contributed by atoms with E-state index in [-0.39, 0.29) is 11.3 Å². The molecule has 1 aromatic rings. The predicted octanol–water partition coefficient (Wildman–Crippen LogP) is 3.38. The van der Waals surface area contributed by atoms with Crippen molar-refractivity contribution in [3.05, 3.63) is 34.9 Å². The van der Waals surface area contributed by atoms with Crippen LogP contribution in [-0.4, -0.2) is 35.6 Å². The molecule has 1 aromatic carbocycles. The Morgan fingerprint density at radius 2 is 2.05 bits per heavy atom. The fraction of sp³-hybridized carbons (Fsp3) is 0.562. The highest BCUT2D eigenvalue weighted by atomic mass is 35.5. The maximum Gasteiger partial charge on any atom is 0.306 e. The maximum absolute atomic E-state index is 10.9. The van der Waals surface area contributed by atoms with Crippen molar-refractivity contribution in [3.8, 4) is 0 Å². The topological polar surface area (TPSA) is 40.5 Å². The first-order chi connectivity index (χ1) is 9.47. The number of aryl methyl sites for hydroxylation is 2. The Bertz CT molecular complexity index is 481. The van der Waals surface area contributed by atoms with E-state index in [0.29, 0.717) is 0 Å². The molecular weight excluding hydrogens is 274 g/mol. The average Bonchev–Trinajstić information content (AvgIpc) is 2.39. The second-order valence-corrected chi connectivity index (χ2v) is 6.27. The number of nitrogens with zero attached hydrogens (tertiary/aromatic N) is 1. The molecule has 20 heavy (non-hydrogen) atoms. The lowest BCUT2D eigenvalue weighted by atomic mass is 9.96. The molecule has 4 heteroatoms. The van der Waals surface area contributed by atoms with E-state index in [4.69, 9.17) is 16.7 Å². The number of alkyl halides is 1. The third-order valence-corrected chi connectivity index (χ3v) is 4.49. The quantitative estimate of drug-likeness (QED) is 0.866. The van der Waals surface area contributed by atoms with Crippen molar-refractivity contribution in [2.75, 3.05) is 19.6 Å². The molecule has 1 saturated heterocycles.